The Morgan fingerprint density at radius 1 is 1.24 bits per heavy atom. The lowest BCUT2D eigenvalue weighted by Gasteiger charge is -2.42. The topological polar surface area (TPSA) is 41.6 Å². The molecule has 2 saturated heterocycles. The monoisotopic (exact) mass is 240 g/mol. The zero-order valence-electron chi connectivity index (χ0n) is 11.2. The highest BCUT2D eigenvalue weighted by Crippen LogP contribution is 2.34. The van der Waals surface area contributed by atoms with E-state index in [2.05, 4.69) is 5.32 Å². The van der Waals surface area contributed by atoms with Gasteiger partial charge in [0.1, 0.15) is 5.60 Å². The second kappa shape index (κ2) is 4.48. The highest BCUT2D eigenvalue weighted by Gasteiger charge is 2.45. The first-order valence-corrected chi connectivity index (χ1v) is 6.69. The maximum Gasteiger partial charge on any atom is 0.411 e. The molecule has 0 saturated carbocycles. The maximum atomic E-state index is 12.2. The molecular weight excluding hydrogens is 216 g/mol. The van der Waals surface area contributed by atoms with E-state index >= 15 is 0 Å². The predicted molar refractivity (Wildman–Crippen MR) is 66.8 cm³/mol. The van der Waals surface area contributed by atoms with Crippen molar-refractivity contribution in [1.82, 2.24) is 10.2 Å². The van der Waals surface area contributed by atoms with Gasteiger partial charge in [-0.15, -0.1) is 0 Å². The fourth-order valence-corrected chi connectivity index (χ4v) is 2.86. The van der Waals surface area contributed by atoms with Crippen LogP contribution in [0.3, 0.4) is 0 Å². The van der Waals surface area contributed by atoms with Crippen molar-refractivity contribution in [3.8, 4) is 0 Å². The minimum atomic E-state index is -0.407. The number of hydrogen-bond acceptors (Lipinski definition) is 3. The molecule has 0 aromatic rings. The van der Waals surface area contributed by atoms with E-state index in [9.17, 15) is 4.79 Å². The molecule has 2 aliphatic heterocycles. The summed E-state index contributed by atoms with van der Waals surface area (Å²) in [6.07, 6.45) is 5.45. The number of hydrogen-bond donors (Lipinski definition) is 1. The summed E-state index contributed by atoms with van der Waals surface area (Å²) in [5.41, 5.74) is -0.518. The van der Waals surface area contributed by atoms with Gasteiger partial charge in [-0.25, -0.2) is 4.79 Å². The lowest BCUT2D eigenvalue weighted by molar-refractivity contribution is -0.00538. The Morgan fingerprint density at radius 2 is 1.94 bits per heavy atom. The maximum absolute atomic E-state index is 12.2. The van der Waals surface area contributed by atoms with Crippen LogP contribution >= 0.6 is 0 Å². The summed E-state index contributed by atoms with van der Waals surface area (Å²) >= 11 is 0. The van der Waals surface area contributed by atoms with Crippen LogP contribution in [-0.4, -0.2) is 35.3 Å². The van der Waals surface area contributed by atoms with Gasteiger partial charge < -0.3 is 4.74 Å². The van der Waals surface area contributed by atoms with Crippen molar-refractivity contribution >= 4 is 6.09 Å². The van der Waals surface area contributed by atoms with E-state index in [0.29, 0.717) is 0 Å². The summed E-state index contributed by atoms with van der Waals surface area (Å²) in [6.45, 7) is 7.59. The number of nitrogens with zero attached hydrogens (tertiary/aromatic N) is 1. The molecule has 4 nitrogen and oxygen atoms in total. The molecule has 1 unspecified atom stereocenters. The number of carbonyl (C=O) groups excluding carboxylic acids is 1. The SMILES string of the molecule is CC(C)(C)OC(=O)N1CCCC12CCCCN2. The van der Waals surface area contributed by atoms with Crippen molar-refractivity contribution in [2.75, 3.05) is 13.1 Å². The zero-order chi connectivity index (χ0) is 12.5. The van der Waals surface area contributed by atoms with Gasteiger partial charge in [0, 0.05) is 6.54 Å². The van der Waals surface area contributed by atoms with E-state index in [1.807, 2.05) is 25.7 Å². The Hall–Kier alpha value is -0.770. The molecular formula is C13H24N2O2. The fourth-order valence-electron chi connectivity index (χ4n) is 2.86. The van der Waals surface area contributed by atoms with Crippen LogP contribution in [-0.2, 0) is 4.74 Å². The molecule has 1 amide bonds. The Balaban J connectivity index is 2.06. The van der Waals surface area contributed by atoms with E-state index in [1.165, 1.54) is 12.8 Å². The van der Waals surface area contributed by atoms with Crippen LogP contribution in [0.5, 0.6) is 0 Å². The van der Waals surface area contributed by atoms with Gasteiger partial charge in [0.05, 0.1) is 5.66 Å². The third-order valence-electron chi connectivity index (χ3n) is 3.57. The van der Waals surface area contributed by atoms with Gasteiger partial charge in [0.2, 0.25) is 0 Å². The first-order chi connectivity index (χ1) is 7.93. The molecule has 4 heteroatoms. The third kappa shape index (κ3) is 2.73. The first-order valence-electron chi connectivity index (χ1n) is 6.69. The molecule has 0 radical (unpaired) electrons. The second-order valence-electron chi connectivity index (χ2n) is 6.15. The van der Waals surface area contributed by atoms with Crippen molar-refractivity contribution in [2.24, 2.45) is 0 Å². The van der Waals surface area contributed by atoms with Gasteiger partial charge >= 0.3 is 6.09 Å². The number of ether oxygens (including phenoxy) is 1. The largest absolute Gasteiger partial charge is 0.444 e. The van der Waals surface area contributed by atoms with E-state index in [4.69, 9.17) is 4.74 Å². The van der Waals surface area contributed by atoms with Crippen LogP contribution in [0.4, 0.5) is 4.79 Å². The quantitative estimate of drug-likeness (QED) is 0.707. The second-order valence-corrected chi connectivity index (χ2v) is 6.15. The average Bonchev–Trinajstić information content (AvgIpc) is 2.60. The molecule has 2 aliphatic rings. The molecule has 1 N–H and O–H groups in total. The minimum absolute atomic E-state index is 0.111. The lowest BCUT2D eigenvalue weighted by atomic mass is 9.95. The molecule has 1 atom stereocenters. The molecule has 2 heterocycles. The third-order valence-corrected chi connectivity index (χ3v) is 3.57. The van der Waals surface area contributed by atoms with Gasteiger partial charge in [-0.05, 0) is 59.4 Å². The smallest absolute Gasteiger partial charge is 0.411 e. The summed E-state index contributed by atoms with van der Waals surface area (Å²) in [5, 5.41) is 3.54. The standard InChI is InChI=1S/C13H24N2O2/c1-12(2,3)17-11(16)15-10-6-8-13(15)7-4-5-9-14-13/h14H,4-10H2,1-3H3. The highest BCUT2D eigenvalue weighted by atomic mass is 16.6. The summed E-state index contributed by atoms with van der Waals surface area (Å²) in [7, 11) is 0. The Morgan fingerprint density at radius 3 is 2.53 bits per heavy atom. The predicted octanol–water partition coefficient (Wildman–Crippen LogP) is 2.49. The molecule has 0 aromatic carbocycles. The Kier molecular flexibility index (Phi) is 3.34. The van der Waals surface area contributed by atoms with Crippen molar-refractivity contribution in [3.63, 3.8) is 0 Å². The normalized spacial score (nSPS) is 29.7. The van der Waals surface area contributed by atoms with Gasteiger partial charge in [-0.2, -0.15) is 0 Å². The molecule has 17 heavy (non-hydrogen) atoms. The Labute approximate surface area is 104 Å². The summed E-state index contributed by atoms with van der Waals surface area (Å²) < 4.78 is 5.50. The van der Waals surface area contributed by atoms with Gasteiger partial charge in [0.25, 0.3) is 0 Å². The van der Waals surface area contributed by atoms with E-state index in [1.54, 1.807) is 0 Å². The van der Waals surface area contributed by atoms with Crippen molar-refractivity contribution in [1.29, 1.82) is 0 Å². The summed E-state index contributed by atoms with van der Waals surface area (Å²) in [5.74, 6) is 0. The van der Waals surface area contributed by atoms with Crippen molar-refractivity contribution < 1.29 is 9.53 Å². The van der Waals surface area contributed by atoms with Crippen LogP contribution in [0.1, 0.15) is 52.9 Å². The molecule has 0 aliphatic carbocycles. The molecule has 2 rings (SSSR count). The molecule has 0 bridgehead atoms. The number of rotatable bonds is 0. The summed E-state index contributed by atoms with van der Waals surface area (Å²) in [6, 6.07) is 0. The Bertz CT molecular complexity index is 290. The van der Waals surface area contributed by atoms with Crippen LogP contribution in [0.15, 0.2) is 0 Å². The number of amides is 1. The molecule has 1 spiro atoms. The van der Waals surface area contributed by atoms with E-state index in [0.717, 1.165) is 32.4 Å². The number of likely N-dealkylation sites (tertiary alicyclic amines) is 1. The van der Waals surface area contributed by atoms with Crippen LogP contribution < -0.4 is 5.32 Å². The van der Waals surface area contributed by atoms with Gasteiger partial charge in [0.15, 0.2) is 0 Å². The molecule has 98 valence electrons. The number of carbonyl (C=O) groups is 1. The number of nitrogens with one attached hydrogen (secondary N) is 1. The minimum Gasteiger partial charge on any atom is -0.444 e. The number of piperidine rings is 1. The zero-order valence-corrected chi connectivity index (χ0v) is 11.2. The first kappa shape index (κ1) is 12.7. The molecule has 2 fully saturated rings. The van der Waals surface area contributed by atoms with Crippen LogP contribution in [0.25, 0.3) is 0 Å². The fraction of sp³-hybridized carbons (Fsp3) is 0.923. The van der Waals surface area contributed by atoms with Crippen LogP contribution in [0, 0.1) is 0 Å². The van der Waals surface area contributed by atoms with E-state index < -0.39 is 5.60 Å². The van der Waals surface area contributed by atoms with Crippen LogP contribution in [0.2, 0.25) is 0 Å². The molecule has 0 aromatic heterocycles. The van der Waals surface area contributed by atoms with E-state index in [-0.39, 0.29) is 11.8 Å². The lowest BCUT2D eigenvalue weighted by Crippen LogP contribution is -2.59. The van der Waals surface area contributed by atoms with Gasteiger partial charge in [-0.3, -0.25) is 10.2 Å². The summed E-state index contributed by atoms with van der Waals surface area (Å²) in [4.78, 5) is 14.1. The highest BCUT2D eigenvalue weighted by molar-refractivity contribution is 5.69. The average molecular weight is 240 g/mol. The van der Waals surface area contributed by atoms with Crippen molar-refractivity contribution in [3.05, 3.63) is 0 Å². The van der Waals surface area contributed by atoms with Crippen molar-refractivity contribution in [2.45, 2.75) is 64.1 Å². The van der Waals surface area contributed by atoms with Gasteiger partial charge in [-0.1, -0.05) is 0 Å².